The zero-order chi connectivity index (χ0) is 19.2. The van der Waals surface area contributed by atoms with Crippen LogP contribution in [0.15, 0.2) is 33.6 Å². The van der Waals surface area contributed by atoms with Crippen LogP contribution in [-0.2, 0) is 19.6 Å². The monoisotopic (exact) mass is 445 g/mol. The van der Waals surface area contributed by atoms with Crippen molar-refractivity contribution >= 4 is 37.8 Å². The Morgan fingerprint density at radius 2 is 1.92 bits per heavy atom. The summed E-state index contributed by atoms with van der Waals surface area (Å²) in [6.45, 7) is 2.94. The highest BCUT2D eigenvalue weighted by molar-refractivity contribution is 9.10. The number of nitrogens with zero attached hydrogens (tertiary/aromatic N) is 1. The lowest BCUT2D eigenvalue weighted by molar-refractivity contribution is -0.129. The molecule has 2 amide bonds. The number of benzene rings is 1. The van der Waals surface area contributed by atoms with Crippen LogP contribution in [0.4, 0.5) is 0 Å². The minimum Gasteiger partial charge on any atom is -0.355 e. The molecule has 1 fully saturated rings. The van der Waals surface area contributed by atoms with Crippen molar-refractivity contribution in [3.8, 4) is 0 Å². The first-order valence-corrected chi connectivity index (χ1v) is 10.9. The van der Waals surface area contributed by atoms with E-state index in [0.717, 1.165) is 10.9 Å². The number of hydrogen-bond acceptors (Lipinski definition) is 4. The Hall–Kier alpha value is -1.45. The largest absolute Gasteiger partial charge is 0.355 e. The third-order valence-electron chi connectivity index (χ3n) is 4.20. The van der Waals surface area contributed by atoms with Gasteiger partial charge in [-0.05, 0) is 43.5 Å². The Labute approximate surface area is 162 Å². The molecule has 1 aliphatic rings. The summed E-state index contributed by atoms with van der Waals surface area (Å²) >= 11 is 3.29. The van der Waals surface area contributed by atoms with Gasteiger partial charge >= 0.3 is 0 Å². The second kappa shape index (κ2) is 9.48. The van der Waals surface area contributed by atoms with Crippen molar-refractivity contribution in [1.82, 2.24) is 14.9 Å². The van der Waals surface area contributed by atoms with Gasteiger partial charge in [-0.3, -0.25) is 9.59 Å². The van der Waals surface area contributed by atoms with Crippen molar-refractivity contribution in [2.45, 2.75) is 31.1 Å². The fourth-order valence-corrected chi connectivity index (χ4v) is 4.56. The number of piperidine rings is 1. The second-order valence-corrected chi connectivity index (χ2v) is 9.08. The third kappa shape index (κ3) is 5.52. The summed E-state index contributed by atoms with van der Waals surface area (Å²) < 4.78 is 27.7. The van der Waals surface area contributed by atoms with Crippen LogP contribution < -0.4 is 10.6 Å². The number of amides is 2. The van der Waals surface area contributed by atoms with Crippen LogP contribution >= 0.6 is 15.9 Å². The molecule has 1 saturated heterocycles. The molecule has 1 unspecified atom stereocenters. The van der Waals surface area contributed by atoms with Gasteiger partial charge in [0.25, 0.3) is 0 Å². The molecule has 144 valence electrons. The van der Waals surface area contributed by atoms with E-state index < -0.39 is 15.9 Å². The van der Waals surface area contributed by atoms with Crippen LogP contribution in [0.3, 0.4) is 0 Å². The highest BCUT2D eigenvalue weighted by Gasteiger charge is 2.33. The summed E-state index contributed by atoms with van der Waals surface area (Å²) in [5.41, 5.74) is 0. The average Bonchev–Trinajstić information content (AvgIpc) is 2.64. The molecular formula is C17H24BrN3O4S. The molecule has 1 aliphatic heterocycles. The van der Waals surface area contributed by atoms with Gasteiger partial charge in [-0.2, -0.15) is 4.31 Å². The molecule has 0 bridgehead atoms. The highest BCUT2D eigenvalue weighted by atomic mass is 79.9. The maximum atomic E-state index is 12.8. The first kappa shape index (κ1) is 20.9. The molecule has 1 aromatic rings. The normalized spacial score (nSPS) is 18.3. The van der Waals surface area contributed by atoms with E-state index in [1.807, 2.05) is 6.92 Å². The van der Waals surface area contributed by atoms with E-state index in [-0.39, 0.29) is 29.8 Å². The van der Waals surface area contributed by atoms with Crippen LogP contribution in [0.25, 0.3) is 0 Å². The van der Waals surface area contributed by atoms with Crippen molar-refractivity contribution in [1.29, 1.82) is 0 Å². The van der Waals surface area contributed by atoms with Gasteiger partial charge < -0.3 is 10.6 Å². The zero-order valence-corrected chi connectivity index (χ0v) is 17.1. The van der Waals surface area contributed by atoms with E-state index in [4.69, 9.17) is 0 Å². The average molecular weight is 446 g/mol. The number of rotatable bonds is 7. The summed E-state index contributed by atoms with van der Waals surface area (Å²) in [7, 11) is -3.64. The van der Waals surface area contributed by atoms with Gasteiger partial charge in [-0.25, -0.2) is 8.42 Å². The number of carbonyl (C=O) groups is 2. The Bertz CT molecular complexity index is 737. The number of halogens is 1. The van der Waals surface area contributed by atoms with Gasteiger partial charge in [0.05, 0.1) is 17.4 Å². The Kier molecular flexibility index (Phi) is 7.60. The lowest BCUT2D eigenvalue weighted by Crippen LogP contribution is -2.47. The molecule has 2 N–H and O–H groups in total. The van der Waals surface area contributed by atoms with Crippen LogP contribution in [0, 0.1) is 5.92 Å². The highest BCUT2D eigenvalue weighted by Crippen LogP contribution is 2.24. The van der Waals surface area contributed by atoms with Gasteiger partial charge in [0, 0.05) is 24.1 Å². The Balaban J connectivity index is 1.96. The summed E-state index contributed by atoms with van der Waals surface area (Å²) in [6.07, 6.45) is 2.04. The van der Waals surface area contributed by atoms with E-state index in [2.05, 4.69) is 26.6 Å². The smallest absolute Gasteiger partial charge is 0.243 e. The topological polar surface area (TPSA) is 95.6 Å². The van der Waals surface area contributed by atoms with Crippen molar-refractivity contribution < 1.29 is 18.0 Å². The van der Waals surface area contributed by atoms with Crippen molar-refractivity contribution in [2.24, 2.45) is 5.92 Å². The standard InChI is InChI=1S/C17H24BrN3O4S/c1-2-9-19-16(22)11-20-17(23)13-4-3-10-21(12-13)26(24,25)15-7-5-14(18)6-8-15/h5-8,13H,2-4,9-12H2,1H3,(H,19,22)(H,20,23). The molecule has 2 rings (SSSR count). The predicted octanol–water partition coefficient (Wildman–Crippen LogP) is 1.49. The van der Waals surface area contributed by atoms with Gasteiger partial charge in [0.15, 0.2) is 0 Å². The Morgan fingerprint density at radius 3 is 2.58 bits per heavy atom. The van der Waals surface area contributed by atoms with Crippen LogP contribution in [-0.4, -0.2) is 50.7 Å². The van der Waals surface area contributed by atoms with Gasteiger partial charge in [0.2, 0.25) is 21.8 Å². The molecule has 1 atom stereocenters. The molecular weight excluding hydrogens is 422 g/mol. The minimum absolute atomic E-state index is 0.0885. The predicted molar refractivity (Wildman–Crippen MR) is 102 cm³/mol. The fourth-order valence-electron chi connectivity index (χ4n) is 2.77. The first-order chi connectivity index (χ1) is 12.3. The van der Waals surface area contributed by atoms with E-state index in [9.17, 15) is 18.0 Å². The van der Waals surface area contributed by atoms with Crippen LogP contribution in [0.1, 0.15) is 26.2 Å². The number of carbonyl (C=O) groups excluding carboxylic acids is 2. The molecule has 0 saturated carbocycles. The first-order valence-electron chi connectivity index (χ1n) is 8.64. The number of sulfonamides is 1. The maximum absolute atomic E-state index is 12.8. The second-order valence-electron chi connectivity index (χ2n) is 6.22. The summed E-state index contributed by atoms with van der Waals surface area (Å²) in [5.74, 6) is -0.976. The quantitative estimate of drug-likeness (QED) is 0.664. The molecule has 0 spiro atoms. The molecule has 1 aromatic carbocycles. The maximum Gasteiger partial charge on any atom is 0.243 e. The lowest BCUT2D eigenvalue weighted by Gasteiger charge is -2.31. The molecule has 0 radical (unpaired) electrons. The number of hydrogen-bond donors (Lipinski definition) is 2. The minimum atomic E-state index is -3.64. The third-order valence-corrected chi connectivity index (χ3v) is 6.61. The summed E-state index contributed by atoms with van der Waals surface area (Å²) in [4.78, 5) is 24.1. The Morgan fingerprint density at radius 1 is 1.23 bits per heavy atom. The summed E-state index contributed by atoms with van der Waals surface area (Å²) in [6, 6.07) is 6.44. The van der Waals surface area contributed by atoms with Crippen LogP contribution in [0.5, 0.6) is 0 Å². The fraction of sp³-hybridized carbons (Fsp3) is 0.529. The van der Waals surface area contributed by atoms with Crippen molar-refractivity contribution in [2.75, 3.05) is 26.2 Å². The molecule has 26 heavy (non-hydrogen) atoms. The molecule has 7 nitrogen and oxygen atoms in total. The van der Waals surface area contributed by atoms with Crippen molar-refractivity contribution in [3.05, 3.63) is 28.7 Å². The molecule has 0 aliphatic carbocycles. The van der Waals surface area contributed by atoms with Gasteiger partial charge in [-0.1, -0.05) is 22.9 Å². The SMILES string of the molecule is CCCNC(=O)CNC(=O)C1CCCN(S(=O)(=O)c2ccc(Br)cc2)C1. The molecule has 9 heteroatoms. The van der Waals surface area contributed by atoms with Gasteiger partial charge in [-0.15, -0.1) is 0 Å². The van der Waals surface area contributed by atoms with E-state index in [1.54, 1.807) is 24.3 Å². The molecule has 1 heterocycles. The number of nitrogens with one attached hydrogen (secondary N) is 2. The summed E-state index contributed by atoms with van der Waals surface area (Å²) in [5, 5.41) is 5.29. The van der Waals surface area contributed by atoms with Crippen LogP contribution in [0.2, 0.25) is 0 Å². The van der Waals surface area contributed by atoms with Crippen molar-refractivity contribution in [3.63, 3.8) is 0 Å². The van der Waals surface area contributed by atoms with Gasteiger partial charge in [0.1, 0.15) is 0 Å². The van der Waals surface area contributed by atoms with E-state index in [1.165, 1.54) is 4.31 Å². The molecule has 0 aromatic heterocycles. The van der Waals surface area contributed by atoms with E-state index in [0.29, 0.717) is 25.9 Å². The zero-order valence-electron chi connectivity index (χ0n) is 14.7. The van der Waals surface area contributed by atoms with E-state index >= 15 is 0 Å². The lowest BCUT2D eigenvalue weighted by atomic mass is 9.99.